The zero-order chi connectivity index (χ0) is 27.9. The molecule has 0 aliphatic carbocycles. The SMILES string of the molecule is OC[C@@H]1CN(c2nc(O)c(C(Cc3ccc(C(F)(F)F)cc3C(F)(F)F)=c3ccc4c(c3)C=NN=4)s2)CCO1. The molecular weight excluding hydrogens is 550 g/mol. The van der Waals surface area contributed by atoms with Crippen molar-refractivity contribution >= 4 is 28.3 Å². The molecule has 0 bridgehead atoms. The normalized spacial score (nSPS) is 18.2. The van der Waals surface area contributed by atoms with E-state index in [1.807, 2.05) is 0 Å². The molecule has 0 spiro atoms. The van der Waals surface area contributed by atoms with E-state index in [1.165, 1.54) is 6.21 Å². The highest BCUT2D eigenvalue weighted by Gasteiger charge is 2.38. The van der Waals surface area contributed by atoms with Gasteiger partial charge in [-0.05, 0) is 40.6 Å². The molecule has 14 heteroatoms. The average Bonchev–Trinajstić information content (AvgIpc) is 3.52. The minimum atomic E-state index is -5.06. The van der Waals surface area contributed by atoms with Gasteiger partial charge in [-0.25, -0.2) is 0 Å². The second-order valence-electron chi connectivity index (χ2n) is 8.91. The molecule has 1 fully saturated rings. The summed E-state index contributed by atoms with van der Waals surface area (Å²) in [6.45, 7) is 0.762. The van der Waals surface area contributed by atoms with Gasteiger partial charge in [0.1, 0.15) is 0 Å². The van der Waals surface area contributed by atoms with Crippen molar-refractivity contribution in [3.8, 4) is 5.88 Å². The van der Waals surface area contributed by atoms with Crippen LogP contribution < -0.4 is 15.5 Å². The number of anilines is 1. The van der Waals surface area contributed by atoms with Crippen molar-refractivity contribution < 1.29 is 41.3 Å². The van der Waals surface area contributed by atoms with Crippen molar-refractivity contribution in [3.05, 3.63) is 74.1 Å². The Balaban J connectivity index is 1.65. The number of halogens is 6. The molecular formula is C25H20F6N4O3S. The second-order valence-corrected chi connectivity index (χ2v) is 9.89. The number of hydrogen-bond donors (Lipinski definition) is 2. The first-order chi connectivity index (χ1) is 18.4. The molecule has 2 aliphatic heterocycles. The van der Waals surface area contributed by atoms with Gasteiger partial charge in [0.05, 0.1) is 46.9 Å². The molecule has 0 amide bonds. The van der Waals surface area contributed by atoms with Crippen LogP contribution in [0, 0.1) is 0 Å². The fourth-order valence-electron chi connectivity index (χ4n) is 4.40. The minimum Gasteiger partial charge on any atom is -0.492 e. The number of ether oxygens (including phenoxy) is 1. The topological polar surface area (TPSA) is 90.5 Å². The van der Waals surface area contributed by atoms with E-state index >= 15 is 0 Å². The van der Waals surface area contributed by atoms with Crippen molar-refractivity contribution in [1.82, 2.24) is 4.98 Å². The summed E-state index contributed by atoms with van der Waals surface area (Å²) in [5, 5.41) is 29.4. The van der Waals surface area contributed by atoms with Crippen LogP contribution in [0.4, 0.5) is 31.5 Å². The van der Waals surface area contributed by atoms with Crippen LogP contribution >= 0.6 is 11.3 Å². The third kappa shape index (κ3) is 5.63. The predicted molar refractivity (Wildman–Crippen MR) is 130 cm³/mol. The predicted octanol–water partition coefficient (Wildman–Crippen LogP) is 3.49. The van der Waals surface area contributed by atoms with Crippen molar-refractivity contribution in [2.24, 2.45) is 10.2 Å². The quantitative estimate of drug-likeness (QED) is 0.459. The lowest BCUT2D eigenvalue weighted by Gasteiger charge is -2.31. The summed E-state index contributed by atoms with van der Waals surface area (Å²) in [5.41, 5.74) is -2.40. The first-order valence-electron chi connectivity index (χ1n) is 11.6. The number of hydrogen-bond acceptors (Lipinski definition) is 8. The summed E-state index contributed by atoms with van der Waals surface area (Å²) in [7, 11) is 0. The van der Waals surface area contributed by atoms with E-state index in [0.717, 1.165) is 17.4 Å². The van der Waals surface area contributed by atoms with Crippen molar-refractivity contribution in [2.45, 2.75) is 24.9 Å². The zero-order valence-electron chi connectivity index (χ0n) is 19.9. The lowest BCUT2D eigenvalue weighted by molar-refractivity contribution is -0.143. The monoisotopic (exact) mass is 570 g/mol. The van der Waals surface area contributed by atoms with Gasteiger partial charge >= 0.3 is 12.4 Å². The molecule has 3 aromatic rings. The molecule has 0 radical (unpaired) electrons. The lowest BCUT2D eigenvalue weighted by Crippen LogP contribution is -2.44. The second kappa shape index (κ2) is 10.2. The highest BCUT2D eigenvalue weighted by atomic mass is 32.1. The molecule has 1 saturated heterocycles. The molecule has 5 rings (SSSR count). The number of aromatic nitrogens is 1. The van der Waals surface area contributed by atoms with E-state index in [1.54, 1.807) is 23.1 Å². The molecule has 0 unspecified atom stereocenters. The summed E-state index contributed by atoms with van der Waals surface area (Å²) in [5.74, 6) is -0.434. The summed E-state index contributed by atoms with van der Waals surface area (Å²) >= 11 is 1.03. The van der Waals surface area contributed by atoms with Crippen LogP contribution in [0.2, 0.25) is 0 Å². The Morgan fingerprint density at radius 2 is 1.87 bits per heavy atom. The van der Waals surface area contributed by atoms with Gasteiger partial charge in [-0.1, -0.05) is 23.5 Å². The van der Waals surface area contributed by atoms with Crippen LogP contribution in [0.1, 0.15) is 27.1 Å². The van der Waals surface area contributed by atoms with Gasteiger partial charge in [0, 0.05) is 25.1 Å². The number of alkyl halides is 6. The van der Waals surface area contributed by atoms with E-state index in [-0.39, 0.29) is 29.7 Å². The maximum atomic E-state index is 13.9. The number of fused-ring (bicyclic) bond motifs is 1. The molecule has 2 N–H and O–H groups in total. The Morgan fingerprint density at radius 1 is 1.08 bits per heavy atom. The number of morpholine rings is 1. The molecule has 7 nitrogen and oxygen atoms in total. The molecule has 1 atom stereocenters. The highest BCUT2D eigenvalue weighted by molar-refractivity contribution is 7.17. The van der Waals surface area contributed by atoms with Gasteiger partial charge < -0.3 is 19.8 Å². The first kappa shape index (κ1) is 27.1. The van der Waals surface area contributed by atoms with Crippen LogP contribution in [-0.4, -0.2) is 53.8 Å². The van der Waals surface area contributed by atoms with Gasteiger partial charge in [0.25, 0.3) is 0 Å². The molecule has 2 aromatic carbocycles. The largest absolute Gasteiger partial charge is 0.492 e. The zero-order valence-corrected chi connectivity index (χ0v) is 20.7. The molecule has 2 aliphatic rings. The number of thiazole rings is 1. The van der Waals surface area contributed by atoms with Crippen molar-refractivity contribution in [3.63, 3.8) is 0 Å². The van der Waals surface area contributed by atoms with Crippen LogP contribution in [0.15, 0.2) is 46.6 Å². The number of benzene rings is 2. The van der Waals surface area contributed by atoms with Gasteiger partial charge in [0.15, 0.2) is 5.13 Å². The van der Waals surface area contributed by atoms with E-state index in [9.17, 15) is 36.6 Å². The smallest absolute Gasteiger partial charge is 0.416 e. The van der Waals surface area contributed by atoms with Crippen LogP contribution in [0.25, 0.3) is 5.57 Å². The Bertz CT molecular complexity index is 1550. The van der Waals surface area contributed by atoms with Crippen molar-refractivity contribution in [1.29, 1.82) is 0 Å². The van der Waals surface area contributed by atoms with Crippen LogP contribution in [0.3, 0.4) is 0 Å². The summed E-state index contributed by atoms with van der Waals surface area (Å²) in [6.07, 6.45) is -9.46. The Kier molecular flexibility index (Phi) is 7.11. The van der Waals surface area contributed by atoms with Crippen molar-refractivity contribution in [2.75, 3.05) is 31.2 Å². The molecule has 206 valence electrons. The average molecular weight is 571 g/mol. The number of aromatic hydroxyl groups is 1. The Labute approximate surface area is 221 Å². The van der Waals surface area contributed by atoms with Gasteiger partial charge in [0.2, 0.25) is 5.88 Å². The number of rotatable bonds is 5. The van der Waals surface area contributed by atoms with Gasteiger partial charge in [-0.3, -0.25) is 0 Å². The fraction of sp³-hybridized carbons (Fsp3) is 0.320. The molecule has 1 aromatic heterocycles. The van der Waals surface area contributed by atoms with Crippen LogP contribution in [0.5, 0.6) is 5.88 Å². The highest BCUT2D eigenvalue weighted by Crippen LogP contribution is 2.41. The maximum Gasteiger partial charge on any atom is 0.416 e. The van der Waals surface area contributed by atoms with Gasteiger partial charge in [-0.2, -0.15) is 41.5 Å². The van der Waals surface area contributed by atoms with E-state index in [4.69, 9.17) is 4.74 Å². The minimum absolute atomic E-state index is 0.0991. The van der Waals surface area contributed by atoms with Gasteiger partial charge in [-0.15, -0.1) is 0 Å². The van der Waals surface area contributed by atoms with Crippen LogP contribution in [-0.2, 0) is 23.5 Å². The third-order valence-corrected chi connectivity index (χ3v) is 7.50. The summed E-state index contributed by atoms with van der Waals surface area (Å²) < 4.78 is 87.0. The summed E-state index contributed by atoms with van der Waals surface area (Å²) in [4.78, 5) is 6.15. The number of aliphatic hydroxyl groups excluding tert-OH is 1. The molecule has 0 saturated carbocycles. The lowest BCUT2D eigenvalue weighted by atomic mass is 9.94. The standard InChI is InChI=1S/C25H20F6N4O3S/c26-24(27,28)16-3-1-14(19(9-16)25(29,30)31)8-18(13-2-4-20-15(7-13)10-32-34-20)21-22(37)33-23(39-21)35-5-6-38-17(11-35)12-36/h1-4,7,9-10,17,36-37H,5-6,8,11-12H2/t17-/m0/s1. The Hall–Kier alpha value is -3.49. The summed E-state index contributed by atoms with van der Waals surface area (Å²) in [6, 6.07) is 6.36. The fourth-order valence-corrected chi connectivity index (χ4v) is 5.46. The van der Waals surface area contributed by atoms with E-state index in [0.29, 0.717) is 40.5 Å². The number of aliphatic hydroxyl groups is 1. The Morgan fingerprint density at radius 3 is 2.59 bits per heavy atom. The molecule has 39 heavy (non-hydrogen) atoms. The number of nitrogens with zero attached hydrogens (tertiary/aromatic N) is 4. The van der Waals surface area contributed by atoms with E-state index in [2.05, 4.69) is 15.2 Å². The van der Waals surface area contributed by atoms with E-state index < -0.39 is 47.4 Å². The third-order valence-electron chi connectivity index (χ3n) is 6.33. The first-order valence-corrected chi connectivity index (χ1v) is 12.4. The molecule has 3 heterocycles. The maximum absolute atomic E-state index is 13.9.